The standard InChI is InChI=1S/C24H21ClFN3O4S/c1-27-24(31)21-17-10-16(18-9-6-14(12-30)23(25)28-18)19(29(2)34(3)32)11-20(17)33-22(21)13-4-7-15(26)8-5-13/h4-11,30H,12H2,1-3H3,(H,27,31). The number of amides is 1. The molecule has 4 rings (SSSR count). The molecular formula is C24H21ClFN3O4S. The minimum Gasteiger partial charge on any atom is -0.593 e. The van der Waals surface area contributed by atoms with Crippen LogP contribution in [0.4, 0.5) is 10.1 Å². The lowest BCUT2D eigenvalue weighted by Gasteiger charge is -2.21. The number of hydrogen-bond donors (Lipinski definition) is 2. The van der Waals surface area contributed by atoms with E-state index in [9.17, 15) is 18.8 Å². The summed E-state index contributed by atoms with van der Waals surface area (Å²) < 4.78 is 33.5. The molecule has 0 saturated heterocycles. The van der Waals surface area contributed by atoms with Crippen LogP contribution in [0, 0.1) is 5.82 Å². The molecule has 2 heterocycles. The molecule has 10 heteroatoms. The molecule has 0 aliphatic carbocycles. The number of carbonyl (C=O) groups is 1. The number of hydrogen-bond acceptors (Lipinski definition) is 6. The van der Waals surface area contributed by atoms with E-state index in [-0.39, 0.29) is 29.0 Å². The number of rotatable bonds is 6. The van der Waals surface area contributed by atoms with Gasteiger partial charge in [0.25, 0.3) is 5.91 Å². The summed E-state index contributed by atoms with van der Waals surface area (Å²) >= 11 is 4.86. The van der Waals surface area contributed by atoms with Gasteiger partial charge in [0.1, 0.15) is 28.6 Å². The summed E-state index contributed by atoms with van der Waals surface area (Å²) in [6, 6.07) is 12.4. The Morgan fingerprint density at radius 2 is 1.97 bits per heavy atom. The van der Waals surface area contributed by atoms with Crippen molar-refractivity contribution in [3.05, 3.63) is 70.6 Å². The Kier molecular flexibility index (Phi) is 6.81. The van der Waals surface area contributed by atoms with Gasteiger partial charge in [0, 0.05) is 35.2 Å². The number of nitrogens with one attached hydrogen (secondary N) is 1. The fourth-order valence-electron chi connectivity index (χ4n) is 3.62. The van der Waals surface area contributed by atoms with Crippen molar-refractivity contribution in [3.63, 3.8) is 0 Å². The monoisotopic (exact) mass is 501 g/mol. The summed E-state index contributed by atoms with van der Waals surface area (Å²) in [5.41, 5.74) is 3.21. The first-order valence-electron chi connectivity index (χ1n) is 10.2. The molecule has 4 aromatic rings. The summed E-state index contributed by atoms with van der Waals surface area (Å²) in [6.45, 7) is -0.263. The minimum atomic E-state index is -1.38. The Labute approximate surface area is 203 Å². The van der Waals surface area contributed by atoms with Crippen LogP contribution < -0.4 is 9.62 Å². The summed E-state index contributed by atoms with van der Waals surface area (Å²) in [4.78, 5) is 17.3. The van der Waals surface area contributed by atoms with Gasteiger partial charge >= 0.3 is 0 Å². The highest BCUT2D eigenvalue weighted by molar-refractivity contribution is 7.92. The van der Waals surface area contributed by atoms with E-state index in [1.54, 1.807) is 35.6 Å². The average molecular weight is 502 g/mol. The van der Waals surface area contributed by atoms with Gasteiger partial charge in [0.2, 0.25) is 0 Å². The van der Waals surface area contributed by atoms with E-state index in [4.69, 9.17) is 16.0 Å². The first-order chi connectivity index (χ1) is 16.2. The number of aliphatic hydroxyl groups excluding tert-OH is 1. The lowest BCUT2D eigenvalue weighted by Crippen LogP contribution is -2.25. The van der Waals surface area contributed by atoms with E-state index in [2.05, 4.69) is 10.3 Å². The number of halogens is 2. The molecule has 1 amide bonds. The number of anilines is 1. The molecule has 176 valence electrons. The number of aliphatic hydroxyl groups is 1. The highest BCUT2D eigenvalue weighted by atomic mass is 35.5. The zero-order chi connectivity index (χ0) is 24.6. The highest BCUT2D eigenvalue weighted by Gasteiger charge is 2.26. The van der Waals surface area contributed by atoms with E-state index in [1.165, 1.54) is 37.6 Å². The Morgan fingerprint density at radius 1 is 1.26 bits per heavy atom. The predicted molar refractivity (Wildman–Crippen MR) is 132 cm³/mol. The maximum atomic E-state index is 13.5. The molecule has 2 aromatic heterocycles. The number of nitrogens with zero attached hydrogens (tertiary/aromatic N) is 2. The fraction of sp³-hybridized carbons (Fsp3) is 0.167. The van der Waals surface area contributed by atoms with E-state index in [0.717, 1.165) is 0 Å². The van der Waals surface area contributed by atoms with Crippen LogP contribution in [-0.4, -0.2) is 40.9 Å². The lowest BCUT2D eigenvalue weighted by molar-refractivity contribution is 0.0964. The van der Waals surface area contributed by atoms with Crippen LogP contribution >= 0.6 is 11.6 Å². The van der Waals surface area contributed by atoms with Gasteiger partial charge in [-0.2, -0.15) is 4.31 Å². The smallest absolute Gasteiger partial charge is 0.255 e. The van der Waals surface area contributed by atoms with Crippen molar-refractivity contribution in [1.82, 2.24) is 10.3 Å². The molecule has 0 aliphatic heterocycles. The van der Waals surface area contributed by atoms with Crippen molar-refractivity contribution < 1.29 is 23.3 Å². The maximum absolute atomic E-state index is 13.5. The van der Waals surface area contributed by atoms with Gasteiger partial charge in [-0.1, -0.05) is 17.7 Å². The van der Waals surface area contributed by atoms with Gasteiger partial charge in [-0.15, -0.1) is 0 Å². The topological polar surface area (TPSA) is 102 Å². The Balaban J connectivity index is 2.04. The molecule has 0 aliphatic rings. The van der Waals surface area contributed by atoms with Crippen LogP contribution in [0.3, 0.4) is 0 Å². The zero-order valence-corrected chi connectivity index (χ0v) is 20.1. The quantitative estimate of drug-likeness (QED) is 0.297. The molecule has 0 spiro atoms. The van der Waals surface area contributed by atoms with Crippen LogP contribution in [0.1, 0.15) is 15.9 Å². The number of carbonyl (C=O) groups excluding carboxylic acids is 1. The van der Waals surface area contributed by atoms with E-state index >= 15 is 0 Å². The Bertz CT molecular complexity index is 1380. The first-order valence-corrected chi connectivity index (χ1v) is 12.1. The molecule has 2 aromatic carbocycles. The highest BCUT2D eigenvalue weighted by Crippen LogP contribution is 2.41. The fourth-order valence-corrected chi connectivity index (χ4v) is 4.26. The van der Waals surface area contributed by atoms with Crippen LogP contribution in [0.2, 0.25) is 5.15 Å². The van der Waals surface area contributed by atoms with Crippen molar-refractivity contribution >= 4 is 45.5 Å². The lowest BCUT2D eigenvalue weighted by atomic mass is 10.0. The Morgan fingerprint density at radius 3 is 2.56 bits per heavy atom. The van der Waals surface area contributed by atoms with Gasteiger partial charge in [0.05, 0.1) is 42.0 Å². The predicted octanol–water partition coefficient (Wildman–Crippen LogP) is 4.54. The maximum Gasteiger partial charge on any atom is 0.255 e. The number of furan rings is 1. The second kappa shape index (κ2) is 9.63. The molecule has 0 fully saturated rings. The van der Waals surface area contributed by atoms with Gasteiger partial charge in [-0.25, -0.2) is 9.37 Å². The van der Waals surface area contributed by atoms with E-state index in [0.29, 0.717) is 39.0 Å². The first kappa shape index (κ1) is 24.0. The summed E-state index contributed by atoms with van der Waals surface area (Å²) in [5, 5.41) is 12.7. The second-order valence-electron chi connectivity index (χ2n) is 7.48. The number of pyridine rings is 1. The summed E-state index contributed by atoms with van der Waals surface area (Å²) in [5.74, 6) is -0.516. The van der Waals surface area contributed by atoms with Gasteiger partial charge < -0.3 is 19.4 Å². The molecule has 0 radical (unpaired) electrons. The molecule has 2 N–H and O–H groups in total. The summed E-state index contributed by atoms with van der Waals surface area (Å²) in [6.07, 6.45) is 1.53. The minimum absolute atomic E-state index is 0.136. The Hall–Kier alpha value is -3.11. The van der Waals surface area contributed by atoms with Crippen molar-refractivity contribution in [2.45, 2.75) is 6.61 Å². The largest absolute Gasteiger partial charge is 0.593 e. The molecular weight excluding hydrogens is 481 g/mol. The molecule has 7 nitrogen and oxygen atoms in total. The third-order valence-electron chi connectivity index (χ3n) is 5.46. The molecule has 34 heavy (non-hydrogen) atoms. The van der Waals surface area contributed by atoms with Crippen molar-refractivity contribution in [2.75, 3.05) is 24.7 Å². The van der Waals surface area contributed by atoms with Gasteiger partial charge in [-0.05, 0) is 36.4 Å². The third kappa shape index (κ3) is 4.35. The average Bonchev–Trinajstić information content (AvgIpc) is 3.21. The second-order valence-corrected chi connectivity index (χ2v) is 9.24. The summed E-state index contributed by atoms with van der Waals surface area (Å²) in [7, 11) is 3.17. The molecule has 0 bridgehead atoms. The van der Waals surface area contributed by atoms with E-state index < -0.39 is 17.2 Å². The normalized spacial score (nSPS) is 12.1. The van der Waals surface area contributed by atoms with Crippen LogP contribution in [-0.2, 0) is 18.0 Å². The number of fused-ring (bicyclic) bond motifs is 1. The number of benzene rings is 2. The zero-order valence-electron chi connectivity index (χ0n) is 18.6. The third-order valence-corrected chi connectivity index (χ3v) is 6.76. The van der Waals surface area contributed by atoms with Crippen molar-refractivity contribution in [1.29, 1.82) is 0 Å². The van der Waals surface area contributed by atoms with Crippen LogP contribution in [0.15, 0.2) is 52.9 Å². The molecule has 0 saturated carbocycles. The van der Waals surface area contributed by atoms with Crippen LogP contribution in [0.5, 0.6) is 0 Å². The van der Waals surface area contributed by atoms with Crippen molar-refractivity contribution in [2.24, 2.45) is 0 Å². The van der Waals surface area contributed by atoms with E-state index in [1.807, 2.05) is 0 Å². The van der Waals surface area contributed by atoms with Gasteiger partial charge in [0.15, 0.2) is 0 Å². The van der Waals surface area contributed by atoms with Gasteiger partial charge in [-0.3, -0.25) is 4.79 Å². The van der Waals surface area contributed by atoms with Crippen LogP contribution in [0.25, 0.3) is 33.6 Å². The number of aromatic nitrogens is 1. The SMILES string of the molecule is CNC(=O)c1c(-c2ccc(F)cc2)oc2cc(N(C)[S+](C)[O-])c(-c3ccc(CO)c(Cl)n3)cc12. The van der Waals surface area contributed by atoms with Crippen molar-refractivity contribution in [3.8, 4) is 22.6 Å². The molecule has 1 unspecified atom stereocenters. The molecule has 1 atom stereocenters.